The van der Waals surface area contributed by atoms with E-state index in [0.717, 1.165) is 32.5 Å². The number of hydrogen-bond acceptors (Lipinski definition) is 2. The van der Waals surface area contributed by atoms with Crippen LogP contribution in [0.3, 0.4) is 0 Å². The molecule has 78 valence electrons. The van der Waals surface area contributed by atoms with Crippen molar-refractivity contribution < 1.29 is 4.74 Å². The molecular formula is C10H20ClNO. The van der Waals surface area contributed by atoms with Crippen molar-refractivity contribution in [2.24, 2.45) is 0 Å². The van der Waals surface area contributed by atoms with Crippen LogP contribution in [0.15, 0.2) is 0 Å². The fraction of sp³-hybridized carbons (Fsp3) is 1.00. The first kappa shape index (κ1) is 11.3. The molecule has 0 saturated carbocycles. The maximum atomic E-state index is 6.06. The van der Waals surface area contributed by atoms with E-state index in [9.17, 15) is 0 Å². The Kier molecular flexibility index (Phi) is 5.76. The Hall–Kier alpha value is 0.210. The van der Waals surface area contributed by atoms with Crippen LogP contribution < -0.4 is 5.32 Å². The van der Waals surface area contributed by atoms with Gasteiger partial charge in [0.25, 0.3) is 0 Å². The van der Waals surface area contributed by atoms with E-state index in [0.29, 0.717) is 6.10 Å². The van der Waals surface area contributed by atoms with Gasteiger partial charge >= 0.3 is 0 Å². The third-order valence-corrected chi connectivity index (χ3v) is 2.74. The average molecular weight is 206 g/mol. The highest BCUT2D eigenvalue weighted by molar-refractivity contribution is 6.20. The lowest BCUT2D eigenvalue weighted by atomic mass is 10.2. The van der Waals surface area contributed by atoms with E-state index in [1.165, 1.54) is 12.8 Å². The first-order valence-electron chi connectivity index (χ1n) is 5.29. The SMILES string of the molecule is CCCC(Cl)CNCC1CCCO1. The van der Waals surface area contributed by atoms with Crippen LogP contribution in [0.25, 0.3) is 0 Å². The third kappa shape index (κ3) is 4.84. The van der Waals surface area contributed by atoms with Crippen LogP contribution in [-0.2, 0) is 4.74 Å². The van der Waals surface area contributed by atoms with Gasteiger partial charge in [-0.15, -0.1) is 11.6 Å². The van der Waals surface area contributed by atoms with Gasteiger partial charge in [0.1, 0.15) is 0 Å². The molecule has 1 aliphatic heterocycles. The van der Waals surface area contributed by atoms with Crippen LogP contribution in [0.2, 0.25) is 0 Å². The van der Waals surface area contributed by atoms with Crippen molar-refractivity contribution in [2.45, 2.75) is 44.1 Å². The molecule has 1 rings (SSSR count). The molecule has 2 unspecified atom stereocenters. The molecule has 0 spiro atoms. The second kappa shape index (κ2) is 6.63. The number of halogens is 1. The molecule has 0 aliphatic carbocycles. The molecule has 1 N–H and O–H groups in total. The first-order chi connectivity index (χ1) is 6.33. The molecular weight excluding hydrogens is 186 g/mol. The molecule has 0 aromatic carbocycles. The molecule has 1 aliphatic rings. The summed E-state index contributed by atoms with van der Waals surface area (Å²) in [5.41, 5.74) is 0. The average Bonchev–Trinajstić information content (AvgIpc) is 2.57. The van der Waals surface area contributed by atoms with E-state index in [-0.39, 0.29) is 5.38 Å². The molecule has 0 radical (unpaired) electrons. The van der Waals surface area contributed by atoms with Gasteiger partial charge in [0.05, 0.1) is 6.10 Å². The molecule has 0 bridgehead atoms. The van der Waals surface area contributed by atoms with E-state index in [2.05, 4.69) is 12.2 Å². The van der Waals surface area contributed by atoms with Gasteiger partial charge in [-0.3, -0.25) is 0 Å². The van der Waals surface area contributed by atoms with Gasteiger partial charge in [-0.05, 0) is 19.3 Å². The molecule has 3 heteroatoms. The molecule has 1 heterocycles. The Morgan fingerprint density at radius 1 is 1.62 bits per heavy atom. The summed E-state index contributed by atoms with van der Waals surface area (Å²) in [4.78, 5) is 0. The van der Waals surface area contributed by atoms with Gasteiger partial charge in [0.15, 0.2) is 0 Å². The summed E-state index contributed by atoms with van der Waals surface area (Å²) >= 11 is 6.06. The number of rotatable bonds is 6. The van der Waals surface area contributed by atoms with Gasteiger partial charge in [0.2, 0.25) is 0 Å². The van der Waals surface area contributed by atoms with E-state index in [1.54, 1.807) is 0 Å². The largest absolute Gasteiger partial charge is 0.377 e. The number of ether oxygens (including phenoxy) is 1. The second-order valence-corrected chi connectivity index (χ2v) is 4.30. The summed E-state index contributed by atoms with van der Waals surface area (Å²) in [6.07, 6.45) is 5.11. The van der Waals surface area contributed by atoms with Gasteiger partial charge in [-0.2, -0.15) is 0 Å². The fourth-order valence-corrected chi connectivity index (χ4v) is 1.95. The highest BCUT2D eigenvalue weighted by atomic mass is 35.5. The van der Waals surface area contributed by atoms with Crippen LogP contribution in [0.5, 0.6) is 0 Å². The van der Waals surface area contributed by atoms with Crippen LogP contribution in [0.4, 0.5) is 0 Å². The standard InChI is InChI=1S/C10H20ClNO/c1-2-4-9(11)7-12-8-10-5-3-6-13-10/h9-10,12H,2-8H2,1H3. The quantitative estimate of drug-likeness (QED) is 0.672. The molecule has 1 fully saturated rings. The molecule has 2 nitrogen and oxygen atoms in total. The summed E-state index contributed by atoms with van der Waals surface area (Å²) in [6, 6.07) is 0. The molecule has 0 aromatic rings. The minimum atomic E-state index is 0.284. The predicted molar refractivity (Wildman–Crippen MR) is 56.4 cm³/mol. The van der Waals surface area contributed by atoms with Crippen LogP contribution in [0, 0.1) is 0 Å². The van der Waals surface area contributed by atoms with Crippen LogP contribution in [-0.4, -0.2) is 31.2 Å². The van der Waals surface area contributed by atoms with Crippen molar-refractivity contribution in [1.82, 2.24) is 5.32 Å². The number of hydrogen-bond donors (Lipinski definition) is 1. The zero-order valence-corrected chi connectivity index (χ0v) is 9.15. The first-order valence-corrected chi connectivity index (χ1v) is 5.73. The lowest BCUT2D eigenvalue weighted by Crippen LogP contribution is -2.30. The monoisotopic (exact) mass is 205 g/mol. The smallest absolute Gasteiger partial charge is 0.0700 e. The number of nitrogens with one attached hydrogen (secondary N) is 1. The topological polar surface area (TPSA) is 21.3 Å². The Morgan fingerprint density at radius 3 is 3.08 bits per heavy atom. The van der Waals surface area contributed by atoms with E-state index in [1.807, 2.05) is 0 Å². The minimum Gasteiger partial charge on any atom is -0.377 e. The second-order valence-electron chi connectivity index (χ2n) is 3.68. The Bertz CT molecular complexity index is 126. The van der Waals surface area contributed by atoms with Gasteiger partial charge in [-0.25, -0.2) is 0 Å². The summed E-state index contributed by atoms with van der Waals surface area (Å²) in [6.45, 7) is 4.98. The maximum absolute atomic E-state index is 6.06. The Balaban J connectivity index is 1.93. The summed E-state index contributed by atoms with van der Waals surface area (Å²) < 4.78 is 5.49. The molecule has 2 atom stereocenters. The highest BCUT2D eigenvalue weighted by Gasteiger charge is 2.14. The van der Waals surface area contributed by atoms with Crippen molar-refractivity contribution in [3.8, 4) is 0 Å². The van der Waals surface area contributed by atoms with Crippen LogP contribution >= 0.6 is 11.6 Å². The Labute approximate surface area is 86.0 Å². The van der Waals surface area contributed by atoms with Crippen molar-refractivity contribution >= 4 is 11.6 Å². The van der Waals surface area contributed by atoms with Crippen molar-refractivity contribution in [3.63, 3.8) is 0 Å². The third-order valence-electron chi connectivity index (χ3n) is 2.36. The van der Waals surface area contributed by atoms with Gasteiger partial charge < -0.3 is 10.1 Å². The normalized spacial score (nSPS) is 24.9. The predicted octanol–water partition coefficient (Wildman–Crippen LogP) is 2.16. The van der Waals surface area contributed by atoms with Crippen molar-refractivity contribution in [2.75, 3.05) is 19.7 Å². The summed E-state index contributed by atoms with van der Waals surface area (Å²) in [7, 11) is 0. The maximum Gasteiger partial charge on any atom is 0.0700 e. The minimum absolute atomic E-state index is 0.284. The molecule has 1 saturated heterocycles. The number of alkyl halides is 1. The van der Waals surface area contributed by atoms with Gasteiger partial charge in [-0.1, -0.05) is 13.3 Å². The van der Waals surface area contributed by atoms with E-state index in [4.69, 9.17) is 16.3 Å². The zero-order chi connectivity index (χ0) is 9.52. The molecule has 0 aromatic heterocycles. The van der Waals surface area contributed by atoms with Gasteiger partial charge in [0, 0.05) is 25.1 Å². The lowest BCUT2D eigenvalue weighted by molar-refractivity contribution is 0.110. The molecule has 13 heavy (non-hydrogen) atoms. The lowest BCUT2D eigenvalue weighted by Gasteiger charge is -2.13. The van der Waals surface area contributed by atoms with E-state index < -0.39 is 0 Å². The fourth-order valence-electron chi connectivity index (χ4n) is 1.62. The zero-order valence-electron chi connectivity index (χ0n) is 8.39. The molecule has 0 amide bonds. The van der Waals surface area contributed by atoms with E-state index >= 15 is 0 Å². The Morgan fingerprint density at radius 2 is 2.46 bits per heavy atom. The summed E-state index contributed by atoms with van der Waals surface area (Å²) in [5, 5.41) is 3.64. The van der Waals surface area contributed by atoms with Crippen molar-refractivity contribution in [1.29, 1.82) is 0 Å². The summed E-state index contributed by atoms with van der Waals surface area (Å²) in [5.74, 6) is 0. The van der Waals surface area contributed by atoms with Crippen molar-refractivity contribution in [3.05, 3.63) is 0 Å². The highest BCUT2D eigenvalue weighted by Crippen LogP contribution is 2.10. The van der Waals surface area contributed by atoms with Crippen LogP contribution in [0.1, 0.15) is 32.6 Å².